The van der Waals surface area contributed by atoms with Crippen molar-refractivity contribution >= 4 is 0 Å². The summed E-state index contributed by atoms with van der Waals surface area (Å²) in [5.41, 5.74) is 3.62. The molecule has 0 saturated carbocycles. The lowest BCUT2D eigenvalue weighted by atomic mass is 10.1. The first kappa shape index (κ1) is 15.6. The monoisotopic (exact) mass is 283 g/mol. The van der Waals surface area contributed by atoms with Crippen LogP contribution < -0.4 is 10.1 Å². The smallest absolute Gasteiger partial charge is 0.131 e. The van der Waals surface area contributed by atoms with Gasteiger partial charge >= 0.3 is 0 Å². The minimum absolute atomic E-state index is 0.649. The molecule has 0 amide bonds. The summed E-state index contributed by atoms with van der Waals surface area (Å²) < 4.78 is 6.11. The van der Waals surface area contributed by atoms with Gasteiger partial charge < -0.3 is 10.1 Å². The van der Waals surface area contributed by atoms with Crippen LogP contribution in [-0.4, -0.2) is 6.54 Å². The maximum atomic E-state index is 6.11. The molecule has 0 atom stereocenters. The maximum Gasteiger partial charge on any atom is 0.131 e. The number of aryl methyl sites for hydroxylation is 2. The summed E-state index contributed by atoms with van der Waals surface area (Å²) in [6, 6.07) is 14.5. The highest BCUT2D eigenvalue weighted by molar-refractivity contribution is 5.42. The molecule has 0 aromatic heterocycles. The van der Waals surface area contributed by atoms with Gasteiger partial charge in [-0.05, 0) is 44.0 Å². The van der Waals surface area contributed by atoms with E-state index in [9.17, 15) is 0 Å². The van der Waals surface area contributed by atoms with Crippen LogP contribution in [0.25, 0.3) is 0 Å². The van der Waals surface area contributed by atoms with E-state index in [0.29, 0.717) is 5.92 Å². The standard InChI is InChI=1S/C19H25NO/c1-14(2)12-20-13-17-11-15(3)9-10-19(17)21-18-8-6-5-7-16(18)4/h5-11,14,20H,12-13H2,1-4H3. The van der Waals surface area contributed by atoms with E-state index in [0.717, 1.165) is 30.2 Å². The second-order valence-electron chi connectivity index (χ2n) is 6.00. The Balaban J connectivity index is 2.16. The van der Waals surface area contributed by atoms with Crippen LogP contribution in [0.1, 0.15) is 30.5 Å². The Morgan fingerprint density at radius 3 is 2.48 bits per heavy atom. The molecule has 2 aromatic rings. The Morgan fingerprint density at radius 2 is 1.76 bits per heavy atom. The molecule has 21 heavy (non-hydrogen) atoms. The normalized spacial score (nSPS) is 10.9. The van der Waals surface area contributed by atoms with E-state index in [1.165, 1.54) is 11.1 Å². The SMILES string of the molecule is Cc1ccc(Oc2ccccc2C)c(CNCC(C)C)c1. The summed E-state index contributed by atoms with van der Waals surface area (Å²) in [5, 5.41) is 3.49. The van der Waals surface area contributed by atoms with E-state index in [4.69, 9.17) is 4.74 Å². The fraction of sp³-hybridized carbons (Fsp3) is 0.368. The predicted molar refractivity (Wildman–Crippen MR) is 89.0 cm³/mol. The average Bonchev–Trinajstić information content (AvgIpc) is 2.43. The highest BCUT2D eigenvalue weighted by Crippen LogP contribution is 2.28. The van der Waals surface area contributed by atoms with Crippen molar-refractivity contribution in [2.75, 3.05) is 6.54 Å². The molecule has 112 valence electrons. The molecule has 1 N–H and O–H groups in total. The van der Waals surface area contributed by atoms with Gasteiger partial charge in [0.05, 0.1) is 0 Å². The number of hydrogen-bond donors (Lipinski definition) is 1. The van der Waals surface area contributed by atoms with Crippen molar-refractivity contribution in [2.24, 2.45) is 5.92 Å². The summed E-state index contributed by atoms with van der Waals surface area (Å²) in [6.07, 6.45) is 0. The Labute approximate surface area is 128 Å². The van der Waals surface area contributed by atoms with Crippen LogP contribution in [-0.2, 0) is 6.54 Å². The van der Waals surface area contributed by atoms with Gasteiger partial charge in [-0.3, -0.25) is 0 Å². The molecule has 2 nitrogen and oxygen atoms in total. The van der Waals surface area contributed by atoms with Crippen molar-refractivity contribution in [3.05, 3.63) is 59.2 Å². The Kier molecular flexibility index (Phi) is 5.40. The van der Waals surface area contributed by atoms with Crippen molar-refractivity contribution < 1.29 is 4.74 Å². The molecule has 0 bridgehead atoms. The molecule has 0 aliphatic rings. The largest absolute Gasteiger partial charge is 0.457 e. The van der Waals surface area contributed by atoms with Crippen LogP contribution in [0, 0.1) is 19.8 Å². The summed E-state index contributed by atoms with van der Waals surface area (Å²) >= 11 is 0. The fourth-order valence-corrected chi connectivity index (χ4v) is 2.23. The highest BCUT2D eigenvalue weighted by Gasteiger charge is 2.07. The topological polar surface area (TPSA) is 21.3 Å². The zero-order chi connectivity index (χ0) is 15.2. The van der Waals surface area contributed by atoms with E-state index >= 15 is 0 Å². The lowest BCUT2D eigenvalue weighted by Crippen LogP contribution is -2.19. The lowest BCUT2D eigenvalue weighted by Gasteiger charge is -2.15. The first-order chi connectivity index (χ1) is 10.1. The van der Waals surface area contributed by atoms with Gasteiger partial charge in [-0.1, -0.05) is 49.7 Å². The minimum Gasteiger partial charge on any atom is -0.457 e. The Bertz CT molecular complexity index is 590. The average molecular weight is 283 g/mol. The maximum absolute atomic E-state index is 6.11. The van der Waals surface area contributed by atoms with Gasteiger partial charge in [0.2, 0.25) is 0 Å². The summed E-state index contributed by atoms with van der Waals surface area (Å²) in [7, 11) is 0. The molecule has 0 heterocycles. The number of hydrogen-bond acceptors (Lipinski definition) is 2. The first-order valence-corrected chi connectivity index (χ1v) is 7.60. The van der Waals surface area contributed by atoms with Gasteiger partial charge in [0.1, 0.15) is 11.5 Å². The number of ether oxygens (including phenoxy) is 1. The van der Waals surface area contributed by atoms with Crippen molar-refractivity contribution in [1.29, 1.82) is 0 Å². The molecule has 0 spiro atoms. The molecule has 2 rings (SSSR count). The number of nitrogens with one attached hydrogen (secondary N) is 1. The summed E-state index contributed by atoms with van der Waals surface area (Å²) in [5.74, 6) is 2.51. The van der Waals surface area contributed by atoms with Crippen LogP contribution in [0.4, 0.5) is 0 Å². The van der Waals surface area contributed by atoms with E-state index in [1.54, 1.807) is 0 Å². The third-order valence-electron chi connectivity index (χ3n) is 3.40. The van der Waals surface area contributed by atoms with Crippen molar-refractivity contribution in [3.63, 3.8) is 0 Å². The van der Waals surface area contributed by atoms with E-state index < -0.39 is 0 Å². The molecule has 0 aliphatic carbocycles. The molecule has 2 aromatic carbocycles. The molecule has 0 saturated heterocycles. The molecular weight excluding hydrogens is 258 g/mol. The molecule has 0 unspecified atom stereocenters. The molecule has 0 aliphatic heterocycles. The lowest BCUT2D eigenvalue weighted by molar-refractivity contribution is 0.465. The molecule has 0 radical (unpaired) electrons. The van der Waals surface area contributed by atoms with Crippen molar-refractivity contribution in [1.82, 2.24) is 5.32 Å². The van der Waals surface area contributed by atoms with Gasteiger partial charge in [-0.15, -0.1) is 0 Å². The zero-order valence-electron chi connectivity index (χ0n) is 13.4. The van der Waals surface area contributed by atoms with Crippen LogP contribution in [0.5, 0.6) is 11.5 Å². The first-order valence-electron chi connectivity index (χ1n) is 7.60. The minimum atomic E-state index is 0.649. The van der Waals surface area contributed by atoms with E-state index in [2.05, 4.69) is 57.3 Å². The molecule has 2 heteroatoms. The van der Waals surface area contributed by atoms with Crippen molar-refractivity contribution in [2.45, 2.75) is 34.2 Å². The van der Waals surface area contributed by atoms with Crippen LogP contribution in [0.2, 0.25) is 0 Å². The number of para-hydroxylation sites is 1. The quantitative estimate of drug-likeness (QED) is 0.819. The van der Waals surface area contributed by atoms with Crippen LogP contribution >= 0.6 is 0 Å². The predicted octanol–water partition coefficient (Wildman–Crippen LogP) is 4.84. The van der Waals surface area contributed by atoms with Gasteiger partial charge in [0.25, 0.3) is 0 Å². The van der Waals surface area contributed by atoms with E-state index in [-0.39, 0.29) is 0 Å². The number of rotatable bonds is 6. The highest BCUT2D eigenvalue weighted by atomic mass is 16.5. The van der Waals surface area contributed by atoms with Gasteiger partial charge in [0.15, 0.2) is 0 Å². The zero-order valence-corrected chi connectivity index (χ0v) is 13.4. The van der Waals surface area contributed by atoms with Gasteiger partial charge in [-0.2, -0.15) is 0 Å². The van der Waals surface area contributed by atoms with Gasteiger partial charge in [0, 0.05) is 12.1 Å². The van der Waals surface area contributed by atoms with Crippen LogP contribution in [0.3, 0.4) is 0 Å². The third kappa shape index (κ3) is 4.61. The Hall–Kier alpha value is -1.80. The Morgan fingerprint density at radius 1 is 1.00 bits per heavy atom. The van der Waals surface area contributed by atoms with E-state index in [1.807, 2.05) is 18.2 Å². The van der Waals surface area contributed by atoms with Crippen molar-refractivity contribution in [3.8, 4) is 11.5 Å². The molecule has 0 fully saturated rings. The second kappa shape index (κ2) is 7.28. The second-order valence-corrected chi connectivity index (χ2v) is 6.00. The molecular formula is C19H25NO. The summed E-state index contributed by atoms with van der Waals surface area (Å²) in [6.45, 7) is 10.5. The number of benzene rings is 2. The van der Waals surface area contributed by atoms with Gasteiger partial charge in [-0.25, -0.2) is 0 Å². The summed E-state index contributed by atoms with van der Waals surface area (Å²) in [4.78, 5) is 0. The fourth-order valence-electron chi connectivity index (χ4n) is 2.23. The van der Waals surface area contributed by atoms with Crippen LogP contribution in [0.15, 0.2) is 42.5 Å². The third-order valence-corrected chi connectivity index (χ3v) is 3.40.